The minimum atomic E-state index is -0.506. The summed E-state index contributed by atoms with van der Waals surface area (Å²) in [6.07, 6.45) is 0. The Hall–Kier alpha value is -1.86. The fourth-order valence-electron chi connectivity index (χ4n) is 3.28. The van der Waals surface area contributed by atoms with Gasteiger partial charge in [0.25, 0.3) is 0 Å². The van der Waals surface area contributed by atoms with Crippen LogP contribution in [0.3, 0.4) is 0 Å². The van der Waals surface area contributed by atoms with E-state index in [0.29, 0.717) is 15.0 Å². The molecule has 0 fully saturated rings. The van der Waals surface area contributed by atoms with E-state index in [2.05, 4.69) is 78.9 Å². The molecule has 3 aromatic carbocycles. The summed E-state index contributed by atoms with van der Waals surface area (Å²) < 4.78 is 9.03. The third-order valence-electron chi connectivity index (χ3n) is 4.24. The Labute approximate surface area is 137 Å². The Kier molecular flexibility index (Phi) is 3.38. The molecule has 0 saturated carbocycles. The van der Waals surface area contributed by atoms with Gasteiger partial charge in [-0.05, 0) is 0 Å². The van der Waals surface area contributed by atoms with Crippen LogP contribution < -0.4 is 8.92 Å². The van der Waals surface area contributed by atoms with E-state index < -0.39 is 5.60 Å². The predicted octanol–water partition coefficient (Wildman–Crippen LogP) is 2.59. The Morgan fingerprint density at radius 3 is 1.73 bits per heavy atom. The second kappa shape index (κ2) is 5.40. The fraction of sp³-hybridized carbons (Fsp3) is 0.100. The molecule has 4 rings (SSSR count). The molecule has 108 valence electrons. The van der Waals surface area contributed by atoms with Crippen LogP contribution in [0.2, 0.25) is 0 Å². The van der Waals surface area contributed by atoms with Crippen LogP contribution in [0.5, 0.6) is 0 Å². The summed E-state index contributed by atoms with van der Waals surface area (Å²) >= 11 is 0.323. The molecular formula is C20H16OSe. The van der Waals surface area contributed by atoms with E-state index in [0.717, 1.165) is 0 Å². The summed E-state index contributed by atoms with van der Waals surface area (Å²) in [4.78, 5) is 0. The van der Waals surface area contributed by atoms with Crippen LogP contribution in [0.25, 0.3) is 0 Å². The zero-order valence-electron chi connectivity index (χ0n) is 12.3. The quantitative estimate of drug-likeness (QED) is 0.645. The van der Waals surface area contributed by atoms with Gasteiger partial charge in [0.15, 0.2) is 0 Å². The van der Waals surface area contributed by atoms with E-state index in [4.69, 9.17) is 4.74 Å². The van der Waals surface area contributed by atoms with Gasteiger partial charge in [-0.25, -0.2) is 0 Å². The SMILES string of the molecule is COC1(c2ccccc2)c2ccccc2[Se]c2ccccc21. The van der Waals surface area contributed by atoms with Crippen LogP contribution in [0.15, 0.2) is 78.9 Å². The second-order valence-corrected chi connectivity index (χ2v) is 7.62. The molecule has 1 aliphatic rings. The van der Waals surface area contributed by atoms with Gasteiger partial charge in [-0.1, -0.05) is 0 Å². The number of hydrogen-bond donors (Lipinski definition) is 0. The molecule has 1 nitrogen and oxygen atoms in total. The zero-order chi connectivity index (χ0) is 15.0. The number of ether oxygens (including phenoxy) is 1. The Balaban J connectivity index is 2.09. The van der Waals surface area contributed by atoms with Crippen LogP contribution >= 0.6 is 0 Å². The molecule has 0 aromatic heterocycles. The fourth-order valence-corrected chi connectivity index (χ4v) is 5.74. The Morgan fingerprint density at radius 1 is 0.682 bits per heavy atom. The minimum absolute atomic E-state index is 0.323. The summed E-state index contributed by atoms with van der Waals surface area (Å²) in [5.41, 5.74) is 3.24. The topological polar surface area (TPSA) is 9.23 Å². The van der Waals surface area contributed by atoms with Crippen molar-refractivity contribution in [1.82, 2.24) is 0 Å². The van der Waals surface area contributed by atoms with Gasteiger partial charge in [0.2, 0.25) is 0 Å². The van der Waals surface area contributed by atoms with Crippen molar-refractivity contribution in [3.05, 3.63) is 95.6 Å². The number of methoxy groups -OCH3 is 1. The van der Waals surface area contributed by atoms with E-state index in [1.807, 2.05) is 7.11 Å². The van der Waals surface area contributed by atoms with E-state index >= 15 is 0 Å². The molecule has 3 aromatic rings. The van der Waals surface area contributed by atoms with Crippen molar-refractivity contribution in [3.63, 3.8) is 0 Å². The average molecular weight is 351 g/mol. The van der Waals surface area contributed by atoms with Crippen LogP contribution in [0, 0.1) is 0 Å². The second-order valence-electron chi connectivity index (χ2n) is 5.35. The first-order valence-electron chi connectivity index (χ1n) is 7.34. The molecule has 1 heterocycles. The monoisotopic (exact) mass is 352 g/mol. The summed E-state index contributed by atoms with van der Waals surface area (Å²) in [5.74, 6) is 0. The number of rotatable bonds is 2. The van der Waals surface area contributed by atoms with Gasteiger partial charge in [0.1, 0.15) is 0 Å². The summed E-state index contributed by atoms with van der Waals surface area (Å²) in [6.45, 7) is 0. The first-order chi connectivity index (χ1) is 10.9. The molecule has 2 heteroatoms. The summed E-state index contributed by atoms with van der Waals surface area (Å²) in [5, 5.41) is 0. The maximum atomic E-state index is 6.23. The van der Waals surface area contributed by atoms with Gasteiger partial charge in [-0.2, -0.15) is 0 Å². The van der Waals surface area contributed by atoms with Gasteiger partial charge in [-0.15, -0.1) is 0 Å². The van der Waals surface area contributed by atoms with Crippen molar-refractivity contribution in [1.29, 1.82) is 0 Å². The van der Waals surface area contributed by atoms with Gasteiger partial charge in [-0.3, -0.25) is 0 Å². The van der Waals surface area contributed by atoms with Crippen molar-refractivity contribution < 1.29 is 4.74 Å². The van der Waals surface area contributed by atoms with Gasteiger partial charge < -0.3 is 0 Å². The number of fused-ring (bicyclic) bond motifs is 2. The first kappa shape index (κ1) is 13.8. The number of benzene rings is 3. The predicted molar refractivity (Wildman–Crippen MR) is 91.2 cm³/mol. The third kappa shape index (κ3) is 1.89. The average Bonchev–Trinajstić information content (AvgIpc) is 2.60. The van der Waals surface area contributed by atoms with E-state index in [1.54, 1.807) is 0 Å². The first-order valence-corrected chi connectivity index (χ1v) is 9.05. The van der Waals surface area contributed by atoms with Crippen molar-refractivity contribution in [2.24, 2.45) is 0 Å². The molecule has 22 heavy (non-hydrogen) atoms. The summed E-state index contributed by atoms with van der Waals surface area (Å²) in [7, 11) is 1.82. The van der Waals surface area contributed by atoms with Crippen LogP contribution in [0.4, 0.5) is 0 Å². The van der Waals surface area contributed by atoms with E-state index in [9.17, 15) is 0 Å². The Morgan fingerprint density at radius 2 is 1.18 bits per heavy atom. The van der Waals surface area contributed by atoms with E-state index in [-0.39, 0.29) is 0 Å². The Bertz CT molecular complexity index is 765. The summed E-state index contributed by atoms with van der Waals surface area (Å²) in [6, 6.07) is 27.9. The molecule has 0 radical (unpaired) electrons. The van der Waals surface area contributed by atoms with Crippen LogP contribution in [-0.2, 0) is 10.3 Å². The van der Waals surface area contributed by atoms with Crippen molar-refractivity contribution in [2.75, 3.05) is 7.11 Å². The molecule has 0 unspecified atom stereocenters. The number of hydrogen-bond acceptors (Lipinski definition) is 1. The standard InChI is InChI=1S/C20H16OSe/c1-21-20(15-9-3-2-4-10-15)16-11-5-7-13-18(16)22-19-14-8-6-12-17(19)20/h2-14H,1H3. The molecule has 1 aliphatic heterocycles. The maximum absolute atomic E-state index is 6.23. The van der Waals surface area contributed by atoms with Crippen LogP contribution in [-0.4, -0.2) is 22.1 Å². The van der Waals surface area contributed by atoms with Crippen LogP contribution in [0.1, 0.15) is 16.7 Å². The van der Waals surface area contributed by atoms with Crippen molar-refractivity contribution in [3.8, 4) is 0 Å². The zero-order valence-corrected chi connectivity index (χ0v) is 14.0. The molecule has 0 atom stereocenters. The molecule has 0 bridgehead atoms. The normalized spacial score (nSPS) is 15.0. The van der Waals surface area contributed by atoms with Crippen molar-refractivity contribution in [2.45, 2.75) is 5.60 Å². The van der Waals surface area contributed by atoms with Crippen molar-refractivity contribution >= 4 is 23.9 Å². The van der Waals surface area contributed by atoms with Gasteiger partial charge in [0.05, 0.1) is 0 Å². The van der Waals surface area contributed by atoms with Gasteiger partial charge >= 0.3 is 137 Å². The molecule has 0 N–H and O–H groups in total. The molecular weight excluding hydrogens is 335 g/mol. The molecule has 0 spiro atoms. The molecule has 0 amide bonds. The van der Waals surface area contributed by atoms with E-state index in [1.165, 1.54) is 25.6 Å². The molecule has 0 aliphatic carbocycles. The van der Waals surface area contributed by atoms with Gasteiger partial charge in [0, 0.05) is 0 Å². The molecule has 0 saturated heterocycles. The third-order valence-corrected chi connectivity index (χ3v) is 6.66.